The minimum absolute atomic E-state index is 0. The van der Waals surface area contributed by atoms with Crippen molar-refractivity contribution in [1.82, 2.24) is 0 Å². The summed E-state index contributed by atoms with van der Waals surface area (Å²) >= 11 is -2.55. The van der Waals surface area contributed by atoms with Crippen molar-refractivity contribution in [2.75, 3.05) is 0 Å². The molecule has 0 bridgehead atoms. The van der Waals surface area contributed by atoms with E-state index < -0.39 is 14.0 Å². The molecule has 0 unspecified atom stereocenters. The Hall–Kier alpha value is 0.254. The molecule has 0 aromatic rings. The van der Waals surface area contributed by atoms with Crippen molar-refractivity contribution in [2.24, 2.45) is 0 Å². The van der Waals surface area contributed by atoms with Gasteiger partial charge in [0, 0.05) is 0 Å². The predicted molar refractivity (Wildman–Crippen MR) is 62.9 cm³/mol. The zero-order chi connectivity index (χ0) is 10.0. The summed E-state index contributed by atoms with van der Waals surface area (Å²) in [6.45, 7) is 0. The van der Waals surface area contributed by atoms with Crippen LogP contribution < -0.4 is 24.8 Å². The van der Waals surface area contributed by atoms with Crippen LogP contribution in [-0.4, -0.2) is 0 Å². The van der Waals surface area contributed by atoms with Crippen LogP contribution in [0, 0.1) is 0 Å². The first-order chi connectivity index (χ1) is 7.26. The first-order valence-corrected chi connectivity index (χ1v) is 12.3. The van der Waals surface area contributed by atoms with E-state index in [1.54, 1.807) is 18.9 Å². The number of hydrogen-bond acceptors (Lipinski definition) is 0. The van der Waals surface area contributed by atoms with E-state index >= 15 is 0 Å². The minimum Gasteiger partial charge on any atom is -1.00 e. The molecule has 17 heavy (non-hydrogen) atoms. The Bertz CT molecular complexity index is 441. The van der Waals surface area contributed by atoms with Crippen molar-refractivity contribution in [2.45, 2.75) is 31.7 Å². The van der Waals surface area contributed by atoms with Gasteiger partial charge in [0.1, 0.15) is 0 Å². The van der Waals surface area contributed by atoms with Crippen molar-refractivity contribution in [3.05, 3.63) is 44.2 Å². The number of rotatable bonds is 2. The Kier molecular flexibility index (Phi) is 2.75. The van der Waals surface area contributed by atoms with Crippen LogP contribution in [0.15, 0.2) is 44.2 Å². The molecule has 92 valence electrons. The molecule has 2 aliphatic heterocycles. The second-order valence-corrected chi connectivity index (χ2v) is 21.3. The van der Waals surface area contributed by atoms with E-state index in [9.17, 15) is 0 Å². The van der Waals surface area contributed by atoms with Crippen LogP contribution in [0.5, 0.6) is 0 Å². The van der Waals surface area contributed by atoms with E-state index in [1.165, 1.54) is 12.8 Å². The van der Waals surface area contributed by atoms with Crippen molar-refractivity contribution in [1.29, 1.82) is 0 Å². The Labute approximate surface area is 114 Å². The largest absolute Gasteiger partial charge is 1.00 e. The molecular formula is C14H18Cl2Ti. The van der Waals surface area contributed by atoms with E-state index in [-0.39, 0.29) is 24.8 Å². The van der Waals surface area contributed by atoms with Crippen molar-refractivity contribution >= 4 is 0 Å². The third kappa shape index (κ3) is 1.21. The number of hydrogen-bond donors (Lipinski definition) is 0. The molecule has 2 aliphatic carbocycles. The molecule has 0 atom stereocenters. The van der Waals surface area contributed by atoms with Crippen LogP contribution in [0.2, 0.25) is 18.9 Å². The van der Waals surface area contributed by atoms with Gasteiger partial charge in [0.25, 0.3) is 0 Å². The van der Waals surface area contributed by atoms with Gasteiger partial charge in [-0.1, -0.05) is 0 Å². The van der Waals surface area contributed by atoms with E-state index in [4.69, 9.17) is 0 Å². The summed E-state index contributed by atoms with van der Waals surface area (Å²) in [5.74, 6) is 0. The molecule has 2 heterocycles. The standard InChI is InChI=1S/2C5H5.2C2H4.2ClH.Ti/c2*1-2-4-5-3-1;2*1-2;;;/h2*1-3H,4H2;2*1-2H2;2*1H;/q;;;;;;+2/p-2. The maximum atomic E-state index is 2.49. The molecule has 0 N–H and O–H groups in total. The van der Waals surface area contributed by atoms with E-state index in [1.807, 2.05) is 7.76 Å². The van der Waals surface area contributed by atoms with Crippen LogP contribution in [-0.2, 0) is 14.0 Å². The molecule has 0 aromatic heterocycles. The Morgan fingerprint density at radius 1 is 0.706 bits per heavy atom. The summed E-state index contributed by atoms with van der Waals surface area (Å²) in [6, 6.07) is 0. The van der Waals surface area contributed by atoms with Crippen LogP contribution in [0.1, 0.15) is 12.8 Å². The summed E-state index contributed by atoms with van der Waals surface area (Å²) in [4.78, 5) is 0. The molecule has 4 rings (SSSR count). The first-order valence-electron chi connectivity index (χ1n) is 6.35. The molecular weight excluding hydrogens is 287 g/mol. The Balaban J connectivity index is 0.000000540. The maximum Gasteiger partial charge on any atom is -1.00 e. The van der Waals surface area contributed by atoms with Crippen molar-refractivity contribution < 1.29 is 38.8 Å². The van der Waals surface area contributed by atoms with Gasteiger partial charge in [0.05, 0.1) is 0 Å². The van der Waals surface area contributed by atoms with Gasteiger partial charge >= 0.3 is 90.0 Å². The van der Waals surface area contributed by atoms with Crippen molar-refractivity contribution in [3.63, 3.8) is 0 Å². The summed E-state index contributed by atoms with van der Waals surface area (Å²) in [6.07, 6.45) is 16.9. The Morgan fingerprint density at radius 2 is 1.12 bits per heavy atom. The molecule has 0 radical (unpaired) electrons. The monoisotopic (exact) mass is 304 g/mol. The third-order valence-electron chi connectivity index (χ3n) is 6.59. The van der Waals surface area contributed by atoms with Gasteiger partial charge in [0.15, 0.2) is 0 Å². The average molecular weight is 305 g/mol. The molecule has 0 aromatic carbocycles. The topological polar surface area (TPSA) is 0 Å². The zero-order valence-electron chi connectivity index (χ0n) is 9.96. The van der Waals surface area contributed by atoms with Crippen LogP contribution >= 0.6 is 0 Å². The normalized spacial score (nSPS) is 31.1. The fourth-order valence-electron chi connectivity index (χ4n) is 4.72. The fraction of sp³-hybridized carbons (Fsp3) is 0.429. The van der Waals surface area contributed by atoms with Gasteiger partial charge in [0.2, 0.25) is 0 Å². The van der Waals surface area contributed by atoms with Gasteiger partial charge in [-0.05, 0) is 0 Å². The molecule has 4 aliphatic rings. The first kappa shape index (κ1) is 13.7. The predicted octanol–water partition coefficient (Wildman–Crippen LogP) is -1.39. The molecule has 0 nitrogen and oxygen atoms in total. The molecule has 3 heteroatoms. The van der Waals surface area contributed by atoms with Gasteiger partial charge in [-0.25, -0.2) is 0 Å². The van der Waals surface area contributed by atoms with Crippen LogP contribution in [0.25, 0.3) is 0 Å². The second-order valence-electron chi connectivity index (χ2n) is 6.69. The summed E-state index contributed by atoms with van der Waals surface area (Å²) in [5, 5.41) is 0. The summed E-state index contributed by atoms with van der Waals surface area (Å²) in [5.41, 5.74) is 0. The summed E-state index contributed by atoms with van der Waals surface area (Å²) < 4.78 is 10.3. The SMILES string of the molecule is C1=CC[C]([Ti+2]23([C]4=CC=CC4)([CH2][CH2]2)[CH2][CH2]3)=C1.[Cl-].[Cl-]. The van der Waals surface area contributed by atoms with Crippen LogP contribution in [0.3, 0.4) is 0 Å². The van der Waals surface area contributed by atoms with E-state index in [0.717, 1.165) is 0 Å². The molecule has 2 saturated heterocycles. The second kappa shape index (κ2) is 3.42. The average Bonchev–Trinajstić information content (AvgIpc) is 2.97. The number of halogens is 2. The minimum atomic E-state index is -2.55. The van der Waals surface area contributed by atoms with Gasteiger partial charge < -0.3 is 24.8 Å². The zero-order valence-corrected chi connectivity index (χ0v) is 13.0. The number of allylic oxidation sites excluding steroid dienone is 8. The molecule has 2 fully saturated rings. The smallest absolute Gasteiger partial charge is 1.00 e. The molecule has 1 spiro atoms. The van der Waals surface area contributed by atoms with Gasteiger partial charge in [-0.2, -0.15) is 0 Å². The quantitative estimate of drug-likeness (QED) is 0.551. The maximum absolute atomic E-state index is 2.55. The van der Waals surface area contributed by atoms with Crippen molar-refractivity contribution in [3.8, 4) is 0 Å². The van der Waals surface area contributed by atoms with E-state index in [2.05, 4.69) is 36.5 Å². The Morgan fingerprint density at radius 3 is 1.35 bits per heavy atom. The van der Waals surface area contributed by atoms with Gasteiger partial charge in [-0.3, -0.25) is 0 Å². The molecule has 0 amide bonds. The van der Waals surface area contributed by atoms with Gasteiger partial charge in [-0.15, -0.1) is 0 Å². The fourth-order valence-corrected chi connectivity index (χ4v) is 25.1. The van der Waals surface area contributed by atoms with Crippen LogP contribution in [0.4, 0.5) is 0 Å². The molecule has 0 saturated carbocycles. The summed E-state index contributed by atoms with van der Waals surface area (Å²) in [7, 11) is 0. The third-order valence-corrected chi connectivity index (χ3v) is 23.5. The van der Waals surface area contributed by atoms with E-state index in [0.29, 0.717) is 0 Å².